The van der Waals surface area contributed by atoms with Gasteiger partial charge in [0, 0.05) is 25.2 Å². The zero-order chi connectivity index (χ0) is 12.0. The summed E-state index contributed by atoms with van der Waals surface area (Å²) in [6, 6.07) is 1.06. The molecule has 2 heteroatoms. The second-order valence-corrected chi connectivity index (χ2v) is 7.38. The zero-order valence-corrected chi connectivity index (χ0v) is 11.5. The minimum atomic E-state index is 0.348. The smallest absolute Gasteiger partial charge is 0.0252 e. The molecule has 3 rings (SSSR count). The zero-order valence-electron chi connectivity index (χ0n) is 11.5. The Kier molecular flexibility index (Phi) is 2.99. The molecule has 4 atom stereocenters. The second kappa shape index (κ2) is 4.24. The molecule has 1 heterocycles. The maximum Gasteiger partial charge on any atom is 0.0252 e. The summed E-state index contributed by atoms with van der Waals surface area (Å²) in [5.41, 5.74) is 6.89. The van der Waals surface area contributed by atoms with E-state index < -0.39 is 0 Å². The molecule has 98 valence electrons. The first-order chi connectivity index (χ1) is 8.08. The molecule has 3 fully saturated rings. The van der Waals surface area contributed by atoms with Gasteiger partial charge in [-0.05, 0) is 42.9 Å². The van der Waals surface area contributed by atoms with Crippen LogP contribution in [0.3, 0.4) is 0 Å². The van der Waals surface area contributed by atoms with Crippen LogP contribution in [0.2, 0.25) is 0 Å². The number of rotatable bonds is 1. The summed E-state index contributed by atoms with van der Waals surface area (Å²) in [5.74, 6) is 2.01. The molecular formula is C15H28N2. The number of hydrogen-bond donors (Lipinski definition) is 1. The minimum Gasteiger partial charge on any atom is -0.326 e. The summed E-state index contributed by atoms with van der Waals surface area (Å²) in [6.45, 7) is 7.42. The fourth-order valence-corrected chi connectivity index (χ4v) is 4.59. The summed E-state index contributed by atoms with van der Waals surface area (Å²) in [4.78, 5) is 2.75. The molecule has 0 bridgehead atoms. The van der Waals surface area contributed by atoms with Crippen LogP contribution in [0.5, 0.6) is 0 Å². The van der Waals surface area contributed by atoms with Gasteiger partial charge in [0.2, 0.25) is 0 Å². The molecule has 1 saturated heterocycles. The van der Waals surface area contributed by atoms with E-state index in [0.29, 0.717) is 17.5 Å². The van der Waals surface area contributed by atoms with Crippen LogP contribution in [-0.2, 0) is 0 Å². The van der Waals surface area contributed by atoms with E-state index in [0.717, 1.165) is 11.8 Å². The first-order valence-electron chi connectivity index (χ1n) is 7.57. The molecule has 0 aromatic heterocycles. The van der Waals surface area contributed by atoms with E-state index in [1.165, 1.54) is 51.6 Å². The van der Waals surface area contributed by atoms with Crippen LogP contribution in [0.15, 0.2) is 0 Å². The van der Waals surface area contributed by atoms with Gasteiger partial charge in [0.1, 0.15) is 0 Å². The highest BCUT2D eigenvalue weighted by Gasteiger charge is 2.44. The molecule has 0 spiro atoms. The predicted molar refractivity (Wildman–Crippen MR) is 71.8 cm³/mol. The number of nitrogens with two attached hydrogens (primary N) is 1. The van der Waals surface area contributed by atoms with Crippen LogP contribution in [0.4, 0.5) is 0 Å². The van der Waals surface area contributed by atoms with Gasteiger partial charge in [-0.3, -0.25) is 4.90 Å². The van der Waals surface area contributed by atoms with Gasteiger partial charge in [-0.25, -0.2) is 0 Å². The molecule has 0 radical (unpaired) electrons. The van der Waals surface area contributed by atoms with Gasteiger partial charge in [-0.1, -0.05) is 26.7 Å². The molecule has 0 aromatic carbocycles. The molecule has 0 aromatic rings. The normalized spacial score (nSPS) is 46.1. The third kappa shape index (κ3) is 2.04. The van der Waals surface area contributed by atoms with Crippen molar-refractivity contribution < 1.29 is 0 Å². The topological polar surface area (TPSA) is 29.3 Å². The molecule has 2 nitrogen and oxygen atoms in total. The van der Waals surface area contributed by atoms with E-state index in [9.17, 15) is 0 Å². The monoisotopic (exact) mass is 236 g/mol. The fourth-order valence-electron chi connectivity index (χ4n) is 4.59. The first-order valence-corrected chi connectivity index (χ1v) is 7.57. The lowest BCUT2D eigenvalue weighted by Gasteiger charge is -2.45. The maximum atomic E-state index is 6.55. The highest BCUT2D eigenvalue weighted by atomic mass is 15.2. The van der Waals surface area contributed by atoms with Crippen molar-refractivity contribution in [1.82, 2.24) is 4.90 Å². The Bertz CT molecular complexity index is 275. The molecule has 2 aliphatic carbocycles. The van der Waals surface area contributed by atoms with Gasteiger partial charge in [-0.15, -0.1) is 0 Å². The second-order valence-electron chi connectivity index (χ2n) is 7.38. The van der Waals surface area contributed by atoms with E-state index in [1.807, 2.05) is 0 Å². The van der Waals surface area contributed by atoms with Crippen molar-refractivity contribution in [3.63, 3.8) is 0 Å². The van der Waals surface area contributed by atoms with Gasteiger partial charge in [0.05, 0.1) is 0 Å². The van der Waals surface area contributed by atoms with Crippen LogP contribution >= 0.6 is 0 Å². The summed E-state index contributed by atoms with van der Waals surface area (Å²) in [5, 5.41) is 0. The molecule has 2 saturated carbocycles. The highest BCUT2D eigenvalue weighted by molar-refractivity contribution is 5.00. The Morgan fingerprint density at radius 3 is 2.29 bits per heavy atom. The Hall–Kier alpha value is -0.0800. The Morgan fingerprint density at radius 1 is 1.00 bits per heavy atom. The van der Waals surface area contributed by atoms with Gasteiger partial charge >= 0.3 is 0 Å². The molecule has 2 N–H and O–H groups in total. The largest absolute Gasteiger partial charge is 0.326 e. The highest BCUT2D eigenvalue weighted by Crippen LogP contribution is 2.42. The Labute approximate surface area is 106 Å². The molecule has 3 aliphatic rings. The molecular weight excluding hydrogens is 208 g/mol. The molecule has 0 amide bonds. The average Bonchev–Trinajstić information content (AvgIpc) is 2.81. The van der Waals surface area contributed by atoms with Gasteiger partial charge in [0.15, 0.2) is 0 Å². The van der Waals surface area contributed by atoms with Crippen LogP contribution in [0.1, 0.15) is 52.4 Å². The van der Waals surface area contributed by atoms with E-state index in [4.69, 9.17) is 5.73 Å². The lowest BCUT2D eigenvalue weighted by molar-refractivity contribution is 0.0783. The Morgan fingerprint density at radius 2 is 1.65 bits per heavy atom. The van der Waals surface area contributed by atoms with Gasteiger partial charge < -0.3 is 5.73 Å². The number of hydrogen-bond acceptors (Lipinski definition) is 2. The molecule has 4 unspecified atom stereocenters. The van der Waals surface area contributed by atoms with Gasteiger partial charge in [-0.2, -0.15) is 0 Å². The quantitative estimate of drug-likeness (QED) is 0.758. The lowest BCUT2D eigenvalue weighted by Crippen LogP contribution is -2.56. The third-order valence-corrected chi connectivity index (χ3v) is 5.86. The van der Waals surface area contributed by atoms with E-state index in [2.05, 4.69) is 18.7 Å². The van der Waals surface area contributed by atoms with Crippen LogP contribution in [0.25, 0.3) is 0 Å². The van der Waals surface area contributed by atoms with Crippen molar-refractivity contribution in [2.24, 2.45) is 23.0 Å². The van der Waals surface area contributed by atoms with Crippen molar-refractivity contribution in [3.05, 3.63) is 0 Å². The molecule has 1 aliphatic heterocycles. The number of nitrogens with zero attached hydrogens (tertiary/aromatic N) is 1. The van der Waals surface area contributed by atoms with Crippen molar-refractivity contribution in [2.45, 2.75) is 64.5 Å². The number of likely N-dealkylation sites (tertiary alicyclic amines) is 1. The van der Waals surface area contributed by atoms with Crippen molar-refractivity contribution in [1.29, 1.82) is 0 Å². The maximum absolute atomic E-state index is 6.55. The van der Waals surface area contributed by atoms with Crippen molar-refractivity contribution >= 4 is 0 Å². The molecule has 17 heavy (non-hydrogen) atoms. The van der Waals surface area contributed by atoms with Crippen LogP contribution < -0.4 is 5.73 Å². The van der Waals surface area contributed by atoms with Crippen LogP contribution in [0, 0.1) is 17.3 Å². The standard InChI is InChI=1S/C15H28N2/c1-15(2)8-4-7-13(14(15)16)17-9-11-5-3-6-12(11)10-17/h11-14H,3-10,16H2,1-2H3. The predicted octanol–water partition coefficient (Wildman–Crippen LogP) is 2.62. The summed E-state index contributed by atoms with van der Waals surface area (Å²) in [6.07, 6.45) is 8.46. The van der Waals surface area contributed by atoms with Gasteiger partial charge in [0.25, 0.3) is 0 Å². The third-order valence-electron chi connectivity index (χ3n) is 5.86. The minimum absolute atomic E-state index is 0.348. The number of fused-ring (bicyclic) bond motifs is 1. The fraction of sp³-hybridized carbons (Fsp3) is 1.00. The Balaban J connectivity index is 1.68. The SMILES string of the molecule is CC1(C)CCCC(N2CC3CCCC3C2)C1N. The summed E-state index contributed by atoms with van der Waals surface area (Å²) < 4.78 is 0. The van der Waals surface area contributed by atoms with Crippen LogP contribution in [-0.4, -0.2) is 30.1 Å². The lowest BCUT2D eigenvalue weighted by atomic mass is 9.71. The summed E-state index contributed by atoms with van der Waals surface area (Å²) in [7, 11) is 0. The van der Waals surface area contributed by atoms with Crippen molar-refractivity contribution in [3.8, 4) is 0 Å². The summed E-state index contributed by atoms with van der Waals surface area (Å²) >= 11 is 0. The van der Waals surface area contributed by atoms with E-state index >= 15 is 0 Å². The van der Waals surface area contributed by atoms with E-state index in [-0.39, 0.29) is 0 Å². The van der Waals surface area contributed by atoms with E-state index in [1.54, 1.807) is 0 Å². The van der Waals surface area contributed by atoms with Crippen molar-refractivity contribution in [2.75, 3.05) is 13.1 Å². The first kappa shape index (κ1) is 12.0. The average molecular weight is 236 g/mol.